The van der Waals surface area contributed by atoms with Crippen molar-refractivity contribution in [2.75, 3.05) is 7.11 Å². The van der Waals surface area contributed by atoms with E-state index in [0.717, 1.165) is 5.56 Å². The van der Waals surface area contributed by atoms with Crippen molar-refractivity contribution in [2.45, 2.75) is 6.54 Å². The first-order valence-electron chi connectivity index (χ1n) is 6.36. The van der Waals surface area contributed by atoms with Gasteiger partial charge in [-0.15, -0.1) is 10.2 Å². The number of benzene rings is 1. The van der Waals surface area contributed by atoms with Gasteiger partial charge in [-0.25, -0.2) is 4.79 Å². The van der Waals surface area contributed by atoms with Crippen molar-refractivity contribution >= 4 is 17.6 Å². The molecule has 0 amide bonds. The summed E-state index contributed by atoms with van der Waals surface area (Å²) in [5.41, 5.74) is 0.772. The van der Waals surface area contributed by atoms with Crippen LogP contribution in [0.1, 0.15) is 16.3 Å². The molecule has 8 heteroatoms. The van der Waals surface area contributed by atoms with Gasteiger partial charge in [0.05, 0.1) is 7.11 Å². The van der Waals surface area contributed by atoms with Gasteiger partial charge in [0, 0.05) is 10.6 Å². The smallest absolute Gasteiger partial charge is 0.373 e. The fourth-order valence-electron chi connectivity index (χ4n) is 1.87. The molecule has 0 radical (unpaired) electrons. The SMILES string of the molecule is COC(=O)c1ccc(Cn2nnc(-c3cccc(Cl)c3)n2)o1. The number of carbonyl (C=O) groups excluding carboxylic acids is 1. The fourth-order valence-corrected chi connectivity index (χ4v) is 2.06. The molecule has 112 valence electrons. The van der Waals surface area contributed by atoms with Crippen LogP contribution in [0.3, 0.4) is 0 Å². The Hall–Kier alpha value is -2.67. The van der Waals surface area contributed by atoms with Crippen molar-refractivity contribution < 1.29 is 13.9 Å². The largest absolute Gasteiger partial charge is 0.463 e. The molecule has 2 heterocycles. The lowest BCUT2D eigenvalue weighted by molar-refractivity contribution is 0.0562. The normalized spacial score (nSPS) is 10.6. The third-order valence-electron chi connectivity index (χ3n) is 2.88. The third kappa shape index (κ3) is 2.99. The Labute approximate surface area is 130 Å². The highest BCUT2D eigenvalue weighted by Gasteiger charge is 2.13. The second-order valence-corrected chi connectivity index (χ2v) is 4.85. The minimum absolute atomic E-state index is 0.132. The average molecular weight is 319 g/mol. The number of ether oxygens (including phenoxy) is 1. The monoisotopic (exact) mass is 318 g/mol. The molecule has 2 aromatic heterocycles. The predicted octanol–water partition coefficient (Wildman–Crippen LogP) is 2.42. The number of halogens is 1. The highest BCUT2D eigenvalue weighted by Crippen LogP contribution is 2.18. The number of hydrogen-bond acceptors (Lipinski definition) is 6. The van der Waals surface area contributed by atoms with Gasteiger partial charge >= 0.3 is 5.97 Å². The van der Waals surface area contributed by atoms with Gasteiger partial charge in [-0.05, 0) is 29.5 Å². The molecule has 0 aliphatic rings. The Morgan fingerprint density at radius 1 is 1.36 bits per heavy atom. The summed E-state index contributed by atoms with van der Waals surface area (Å²) in [5.74, 6) is 0.586. The lowest BCUT2D eigenvalue weighted by atomic mass is 10.2. The summed E-state index contributed by atoms with van der Waals surface area (Å²) in [6, 6.07) is 10.4. The molecule has 1 aromatic carbocycles. The summed E-state index contributed by atoms with van der Waals surface area (Å²) < 4.78 is 9.93. The number of aromatic nitrogens is 4. The van der Waals surface area contributed by atoms with Crippen LogP contribution in [0.4, 0.5) is 0 Å². The van der Waals surface area contributed by atoms with E-state index in [1.807, 2.05) is 12.1 Å². The number of nitrogens with zero attached hydrogens (tertiary/aromatic N) is 4. The Balaban J connectivity index is 1.77. The number of carbonyl (C=O) groups is 1. The second-order valence-electron chi connectivity index (χ2n) is 4.41. The molecule has 22 heavy (non-hydrogen) atoms. The van der Waals surface area contributed by atoms with E-state index in [9.17, 15) is 4.79 Å². The highest BCUT2D eigenvalue weighted by atomic mass is 35.5. The molecule has 0 spiro atoms. The van der Waals surface area contributed by atoms with Crippen molar-refractivity contribution in [2.24, 2.45) is 0 Å². The quantitative estimate of drug-likeness (QED) is 0.687. The molecule has 3 aromatic rings. The topological polar surface area (TPSA) is 83.0 Å². The Morgan fingerprint density at radius 2 is 2.23 bits per heavy atom. The van der Waals surface area contributed by atoms with Crippen molar-refractivity contribution in [1.82, 2.24) is 20.2 Å². The molecule has 0 atom stereocenters. The van der Waals surface area contributed by atoms with E-state index in [2.05, 4.69) is 20.1 Å². The van der Waals surface area contributed by atoms with Gasteiger partial charge in [0.25, 0.3) is 0 Å². The summed E-state index contributed by atoms with van der Waals surface area (Å²) in [6.45, 7) is 0.255. The van der Waals surface area contributed by atoms with Gasteiger partial charge in [0.15, 0.2) is 0 Å². The Bertz CT molecular complexity index is 812. The molecule has 7 nitrogen and oxygen atoms in total. The zero-order valence-electron chi connectivity index (χ0n) is 11.6. The van der Waals surface area contributed by atoms with Gasteiger partial charge in [-0.1, -0.05) is 23.7 Å². The standard InChI is InChI=1S/C14H11ClN4O3/c1-21-14(20)12-6-5-11(22-12)8-19-17-13(16-18-19)9-3-2-4-10(15)7-9/h2-7H,8H2,1H3. The molecule has 3 rings (SSSR count). The molecule has 0 aliphatic heterocycles. The van der Waals surface area contributed by atoms with E-state index in [1.165, 1.54) is 18.0 Å². The first kappa shape index (κ1) is 14.3. The zero-order chi connectivity index (χ0) is 15.5. The average Bonchev–Trinajstić information content (AvgIpc) is 3.16. The maximum atomic E-state index is 11.3. The summed E-state index contributed by atoms with van der Waals surface area (Å²) in [7, 11) is 1.29. The number of hydrogen-bond donors (Lipinski definition) is 0. The van der Waals surface area contributed by atoms with Crippen LogP contribution in [0.2, 0.25) is 5.02 Å². The molecule has 0 bridgehead atoms. The Morgan fingerprint density at radius 3 is 3.00 bits per heavy atom. The van der Waals surface area contributed by atoms with Gasteiger partial charge in [0.1, 0.15) is 12.3 Å². The highest BCUT2D eigenvalue weighted by molar-refractivity contribution is 6.30. The van der Waals surface area contributed by atoms with Crippen LogP contribution in [0.25, 0.3) is 11.4 Å². The molecule has 0 aliphatic carbocycles. The zero-order valence-corrected chi connectivity index (χ0v) is 12.3. The van der Waals surface area contributed by atoms with E-state index in [1.54, 1.807) is 18.2 Å². The summed E-state index contributed by atoms with van der Waals surface area (Å²) in [6.07, 6.45) is 0. The minimum Gasteiger partial charge on any atom is -0.463 e. The predicted molar refractivity (Wildman–Crippen MR) is 77.4 cm³/mol. The van der Waals surface area contributed by atoms with E-state index in [0.29, 0.717) is 16.6 Å². The van der Waals surface area contributed by atoms with Crippen LogP contribution in [-0.2, 0) is 11.3 Å². The number of furan rings is 1. The van der Waals surface area contributed by atoms with Crippen LogP contribution in [-0.4, -0.2) is 33.3 Å². The summed E-state index contributed by atoms with van der Waals surface area (Å²) in [4.78, 5) is 12.7. The molecule has 0 saturated carbocycles. The number of esters is 1. The van der Waals surface area contributed by atoms with Gasteiger partial charge in [-0.2, -0.15) is 4.80 Å². The lowest BCUT2D eigenvalue weighted by Gasteiger charge is -1.96. The molecule has 0 unspecified atom stereocenters. The van der Waals surface area contributed by atoms with Crippen LogP contribution in [0, 0.1) is 0 Å². The molecular formula is C14H11ClN4O3. The van der Waals surface area contributed by atoms with E-state index in [4.69, 9.17) is 16.0 Å². The summed E-state index contributed by atoms with van der Waals surface area (Å²) >= 11 is 5.94. The van der Waals surface area contributed by atoms with Crippen molar-refractivity contribution in [1.29, 1.82) is 0 Å². The maximum Gasteiger partial charge on any atom is 0.373 e. The van der Waals surface area contributed by atoms with Crippen LogP contribution >= 0.6 is 11.6 Å². The van der Waals surface area contributed by atoms with E-state index < -0.39 is 5.97 Å². The number of rotatable bonds is 4. The first-order chi connectivity index (χ1) is 10.7. The van der Waals surface area contributed by atoms with Crippen LogP contribution in [0.5, 0.6) is 0 Å². The van der Waals surface area contributed by atoms with Crippen molar-refractivity contribution in [3.05, 3.63) is 52.9 Å². The Kier molecular flexibility index (Phi) is 3.88. The van der Waals surface area contributed by atoms with Gasteiger partial charge in [0.2, 0.25) is 11.6 Å². The molecular weight excluding hydrogens is 308 g/mol. The van der Waals surface area contributed by atoms with Gasteiger partial charge in [-0.3, -0.25) is 0 Å². The van der Waals surface area contributed by atoms with Crippen molar-refractivity contribution in [3.8, 4) is 11.4 Å². The number of methoxy groups -OCH3 is 1. The molecule has 0 N–H and O–H groups in total. The first-order valence-corrected chi connectivity index (χ1v) is 6.74. The second kappa shape index (κ2) is 5.98. The maximum absolute atomic E-state index is 11.3. The third-order valence-corrected chi connectivity index (χ3v) is 3.12. The molecule has 0 saturated heterocycles. The molecule has 0 fully saturated rings. The minimum atomic E-state index is -0.530. The van der Waals surface area contributed by atoms with E-state index in [-0.39, 0.29) is 12.3 Å². The van der Waals surface area contributed by atoms with Crippen molar-refractivity contribution in [3.63, 3.8) is 0 Å². The van der Waals surface area contributed by atoms with Crippen LogP contribution in [0.15, 0.2) is 40.8 Å². The summed E-state index contributed by atoms with van der Waals surface area (Å²) in [5, 5.41) is 12.8. The van der Waals surface area contributed by atoms with Crippen LogP contribution < -0.4 is 0 Å². The fraction of sp³-hybridized carbons (Fsp3) is 0.143. The number of tetrazole rings is 1. The van der Waals surface area contributed by atoms with Gasteiger partial charge < -0.3 is 9.15 Å². The lowest BCUT2D eigenvalue weighted by Crippen LogP contribution is -2.03. The van der Waals surface area contributed by atoms with E-state index >= 15 is 0 Å².